The van der Waals surface area contributed by atoms with Crippen LogP contribution >= 0.6 is 0 Å². The number of nitrogens with one attached hydrogen (secondary N) is 1. The molecule has 0 amide bonds. The third-order valence-corrected chi connectivity index (χ3v) is 3.24. The SMILES string of the molecule is FC(F)(F)c1cccc2c1NC(c1ccccn1)C2. The largest absolute Gasteiger partial charge is 0.418 e. The van der Waals surface area contributed by atoms with E-state index >= 15 is 0 Å². The highest BCUT2D eigenvalue weighted by molar-refractivity contribution is 5.63. The minimum atomic E-state index is -4.34. The Hall–Kier alpha value is -2.04. The summed E-state index contributed by atoms with van der Waals surface area (Å²) in [4.78, 5) is 4.19. The average molecular weight is 264 g/mol. The van der Waals surface area contributed by atoms with Crippen molar-refractivity contribution in [3.8, 4) is 0 Å². The molecule has 0 saturated carbocycles. The monoisotopic (exact) mass is 264 g/mol. The number of anilines is 1. The predicted octanol–water partition coefficient (Wildman–Crippen LogP) is 3.81. The highest BCUT2D eigenvalue weighted by Crippen LogP contribution is 2.42. The standard InChI is InChI=1S/C14H11F3N2/c15-14(16,17)10-5-3-4-9-8-12(19-13(9)10)11-6-1-2-7-18-11/h1-7,12,19H,8H2. The van der Waals surface area contributed by atoms with Crippen LogP contribution in [0.1, 0.15) is 22.9 Å². The van der Waals surface area contributed by atoms with Gasteiger partial charge in [-0.1, -0.05) is 18.2 Å². The van der Waals surface area contributed by atoms with Crippen molar-refractivity contribution in [2.45, 2.75) is 18.6 Å². The summed E-state index contributed by atoms with van der Waals surface area (Å²) in [6.07, 6.45) is -2.17. The molecule has 1 aromatic heterocycles. The minimum absolute atomic E-state index is 0.186. The summed E-state index contributed by atoms with van der Waals surface area (Å²) in [7, 11) is 0. The van der Waals surface area contributed by atoms with Crippen LogP contribution in [0.25, 0.3) is 0 Å². The number of pyridine rings is 1. The summed E-state index contributed by atoms with van der Waals surface area (Å²) in [6.45, 7) is 0. The van der Waals surface area contributed by atoms with Gasteiger partial charge in [-0.05, 0) is 23.8 Å². The van der Waals surface area contributed by atoms with Crippen molar-refractivity contribution in [2.24, 2.45) is 0 Å². The number of alkyl halides is 3. The molecule has 3 rings (SSSR count). The normalized spacial score (nSPS) is 17.9. The number of halogens is 3. The van der Waals surface area contributed by atoms with Crippen LogP contribution in [-0.2, 0) is 12.6 Å². The first-order chi connectivity index (χ1) is 9.05. The van der Waals surface area contributed by atoms with E-state index in [-0.39, 0.29) is 11.7 Å². The van der Waals surface area contributed by atoms with Gasteiger partial charge in [0.15, 0.2) is 0 Å². The Labute approximate surface area is 108 Å². The zero-order valence-corrected chi connectivity index (χ0v) is 9.91. The lowest BCUT2D eigenvalue weighted by molar-refractivity contribution is -0.136. The molecule has 0 spiro atoms. The fourth-order valence-electron chi connectivity index (χ4n) is 2.38. The first kappa shape index (κ1) is 12.0. The summed E-state index contributed by atoms with van der Waals surface area (Å²) in [5, 5.41) is 2.94. The molecule has 1 aromatic carbocycles. The van der Waals surface area contributed by atoms with Gasteiger partial charge in [0, 0.05) is 12.6 Å². The molecule has 1 aliphatic heterocycles. The van der Waals surface area contributed by atoms with Gasteiger partial charge >= 0.3 is 6.18 Å². The first-order valence-electron chi connectivity index (χ1n) is 5.92. The lowest BCUT2D eigenvalue weighted by Crippen LogP contribution is -2.11. The van der Waals surface area contributed by atoms with Crippen LogP contribution in [0.5, 0.6) is 0 Å². The molecule has 2 nitrogen and oxygen atoms in total. The number of para-hydroxylation sites is 1. The number of hydrogen-bond acceptors (Lipinski definition) is 2. The van der Waals surface area contributed by atoms with Crippen LogP contribution in [0.15, 0.2) is 42.6 Å². The van der Waals surface area contributed by atoms with Gasteiger partial charge in [0.05, 0.1) is 23.0 Å². The summed E-state index contributed by atoms with van der Waals surface area (Å²) in [5.41, 5.74) is 1.02. The van der Waals surface area contributed by atoms with Crippen molar-refractivity contribution in [3.05, 3.63) is 59.4 Å². The molecule has 0 saturated heterocycles. The molecule has 2 heterocycles. The van der Waals surface area contributed by atoms with Crippen LogP contribution in [0.4, 0.5) is 18.9 Å². The van der Waals surface area contributed by atoms with Gasteiger partial charge in [-0.2, -0.15) is 13.2 Å². The molecule has 19 heavy (non-hydrogen) atoms. The van der Waals surface area contributed by atoms with Crippen molar-refractivity contribution in [3.63, 3.8) is 0 Å². The zero-order valence-electron chi connectivity index (χ0n) is 9.91. The Bertz CT molecular complexity index is 593. The van der Waals surface area contributed by atoms with Gasteiger partial charge in [-0.15, -0.1) is 0 Å². The van der Waals surface area contributed by atoms with Crippen molar-refractivity contribution in [1.29, 1.82) is 0 Å². The molecule has 98 valence electrons. The smallest absolute Gasteiger partial charge is 0.376 e. The highest BCUT2D eigenvalue weighted by atomic mass is 19.4. The van der Waals surface area contributed by atoms with Crippen LogP contribution in [-0.4, -0.2) is 4.98 Å². The third-order valence-electron chi connectivity index (χ3n) is 3.24. The summed E-state index contributed by atoms with van der Waals surface area (Å²) in [5.74, 6) is 0. The van der Waals surface area contributed by atoms with Crippen LogP contribution in [0.2, 0.25) is 0 Å². The highest BCUT2D eigenvalue weighted by Gasteiger charge is 2.37. The van der Waals surface area contributed by atoms with Gasteiger partial charge in [0.1, 0.15) is 0 Å². The van der Waals surface area contributed by atoms with Gasteiger partial charge in [-0.3, -0.25) is 4.98 Å². The number of aromatic nitrogens is 1. The molecule has 1 N–H and O–H groups in total. The van der Waals surface area contributed by atoms with E-state index in [4.69, 9.17) is 0 Å². The molecule has 1 aliphatic rings. The lowest BCUT2D eigenvalue weighted by atomic mass is 10.0. The van der Waals surface area contributed by atoms with Crippen molar-refractivity contribution >= 4 is 5.69 Å². The van der Waals surface area contributed by atoms with Gasteiger partial charge in [0.25, 0.3) is 0 Å². The van der Waals surface area contributed by atoms with E-state index in [1.807, 2.05) is 12.1 Å². The van der Waals surface area contributed by atoms with E-state index in [1.54, 1.807) is 18.3 Å². The van der Waals surface area contributed by atoms with Crippen LogP contribution in [0, 0.1) is 0 Å². The van der Waals surface area contributed by atoms with Crippen LogP contribution in [0.3, 0.4) is 0 Å². The Morgan fingerprint density at radius 3 is 2.63 bits per heavy atom. The molecule has 0 radical (unpaired) electrons. The molecule has 0 bridgehead atoms. The number of benzene rings is 1. The van der Waals surface area contributed by atoms with Crippen molar-refractivity contribution in [1.82, 2.24) is 4.98 Å². The van der Waals surface area contributed by atoms with E-state index in [9.17, 15) is 13.2 Å². The Morgan fingerprint density at radius 2 is 1.95 bits per heavy atom. The molecule has 1 unspecified atom stereocenters. The molecule has 0 aliphatic carbocycles. The third kappa shape index (κ3) is 2.16. The fraction of sp³-hybridized carbons (Fsp3) is 0.214. The van der Waals surface area contributed by atoms with Gasteiger partial charge in [-0.25, -0.2) is 0 Å². The zero-order chi connectivity index (χ0) is 13.5. The van der Waals surface area contributed by atoms with Gasteiger partial charge in [0.2, 0.25) is 0 Å². The molecule has 0 fully saturated rings. The quantitative estimate of drug-likeness (QED) is 0.847. The number of hydrogen-bond donors (Lipinski definition) is 1. The second-order valence-electron chi connectivity index (χ2n) is 4.49. The van der Waals surface area contributed by atoms with Crippen molar-refractivity contribution in [2.75, 3.05) is 5.32 Å². The minimum Gasteiger partial charge on any atom is -0.376 e. The molecule has 5 heteroatoms. The molecular weight excluding hydrogens is 253 g/mol. The summed E-state index contributed by atoms with van der Waals surface area (Å²) < 4.78 is 38.8. The summed E-state index contributed by atoms with van der Waals surface area (Å²) >= 11 is 0. The maximum atomic E-state index is 12.9. The number of fused-ring (bicyclic) bond motifs is 1. The van der Waals surface area contributed by atoms with E-state index < -0.39 is 11.7 Å². The van der Waals surface area contributed by atoms with E-state index in [2.05, 4.69) is 10.3 Å². The second kappa shape index (κ2) is 4.26. The first-order valence-corrected chi connectivity index (χ1v) is 5.92. The fourth-order valence-corrected chi connectivity index (χ4v) is 2.38. The molecule has 1 atom stereocenters. The van der Waals surface area contributed by atoms with Crippen LogP contribution < -0.4 is 5.32 Å². The lowest BCUT2D eigenvalue weighted by Gasteiger charge is -2.14. The molecular formula is C14H11F3N2. The Kier molecular flexibility index (Phi) is 2.69. The molecule has 2 aromatic rings. The number of rotatable bonds is 1. The van der Waals surface area contributed by atoms with E-state index in [1.165, 1.54) is 6.07 Å². The summed E-state index contributed by atoms with van der Waals surface area (Å²) in [6, 6.07) is 9.51. The predicted molar refractivity (Wildman–Crippen MR) is 65.7 cm³/mol. The Morgan fingerprint density at radius 1 is 1.11 bits per heavy atom. The Balaban J connectivity index is 1.97. The maximum absolute atomic E-state index is 12.9. The topological polar surface area (TPSA) is 24.9 Å². The van der Waals surface area contributed by atoms with Gasteiger partial charge < -0.3 is 5.32 Å². The van der Waals surface area contributed by atoms with E-state index in [0.717, 1.165) is 11.8 Å². The second-order valence-corrected chi connectivity index (χ2v) is 4.49. The average Bonchev–Trinajstić information content (AvgIpc) is 2.82. The van der Waals surface area contributed by atoms with E-state index in [0.29, 0.717) is 12.0 Å². The maximum Gasteiger partial charge on any atom is 0.418 e. The van der Waals surface area contributed by atoms with Crippen molar-refractivity contribution < 1.29 is 13.2 Å². The number of nitrogens with zero attached hydrogens (tertiary/aromatic N) is 1.